The first-order chi connectivity index (χ1) is 6.00. The van der Waals surface area contributed by atoms with Crippen molar-refractivity contribution in [1.29, 1.82) is 0 Å². The molecule has 70 valence electrons. The third-order valence-corrected chi connectivity index (χ3v) is 2.93. The number of hydrogen-bond donors (Lipinski definition) is 1. The Hall–Kier alpha value is -0.250. The van der Waals surface area contributed by atoms with Crippen molar-refractivity contribution in [2.45, 2.75) is 6.42 Å². The molecule has 0 aromatic heterocycles. The molecule has 0 saturated carbocycles. The van der Waals surface area contributed by atoms with Crippen molar-refractivity contribution in [2.24, 2.45) is 0 Å². The van der Waals surface area contributed by atoms with Crippen molar-refractivity contribution in [3.8, 4) is 0 Å². The summed E-state index contributed by atoms with van der Waals surface area (Å²) in [6, 6.07) is 3.16. The molecule has 2 nitrogen and oxygen atoms in total. The van der Waals surface area contributed by atoms with E-state index in [1.54, 1.807) is 12.1 Å². The van der Waals surface area contributed by atoms with E-state index in [2.05, 4.69) is 15.9 Å². The summed E-state index contributed by atoms with van der Waals surface area (Å²) in [6.45, 7) is 0. The van der Waals surface area contributed by atoms with Crippen LogP contribution < -0.4 is 0 Å². The topological polar surface area (TPSA) is 37.3 Å². The van der Waals surface area contributed by atoms with Gasteiger partial charge in [0.05, 0.1) is 11.4 Å². The molecule has 0 aliphatic carbocycles. The summed E-state index contributed by atoms with van der Waals surface area (Å²) >= 11 is 14.7. The molecule has 1 N–H and O–H groups in total. The van der Waals surface area contributed by atoms with Gasteiger partial charge in [0.1, 0.15) is 0 Å². The van der Waals surface area contributed by atoms with Crippen molar-refractivity contribution >= 4 is 45.1 Å². The van der Waals surface area contributed by atoms with Crippen LogP contribution in [0.25, 0.3) is 0 Å². The molecule has 0 aliphatic rings. The highest BCUT2D eigenvalue weighted by Crippen LogP contribution is 2.30. The van der Waals surface area contributed by atoms with E-state index in [1.807, 2.05) is 0 Å². The first kappa shape index (κ1) is 10.8. The van der Waals surface area contributed by atoms with Gasteiger partial charge in [-0.15, -0.1) is 0 Å². The molecule has 0 atom stereocenters. The summed E-state index contributed by atoms with van der Waals surface area (Å²) in [6.07, 6.45) is -0.127. The van der Waals surface area contributed by atoms with E-state index in [9.17, 15) is 4.79 Å². The lowest BCUT2D eigenvalue weighted by Crippen LogP contribution is -2.00. The molecule has 1 aromatic rings. The number of halogens is 3. The van der Waals surface area contributed by atoms with Gasteiger partial charge in [-0.3, -0.25) is 4.79 Å². The molecule has 0 spiro atoms. The maximum atomic E-state index is 10.4. The van der Waals surface area contributed by atoms with E-state index < -0.39 is 5.97 Å². The number of aliphatic carboxylic acids is 1. The van der Waals surface area contributed by atoms with E-state index in [-0.39, 0.29) is 6.42 Å². The van der Waals surface area contributed by atoms with Gasteiger partial charge in [-0.05, 0) is 33.6 Å². The average Bonchev–Trinajstić information content (AvgIpc) is 1.98. The van der Waals surface area contributed by atoms with Gasteiger partial charge in [-0.1, -0.05) is 23.2 Å². The largest absolute Gasteiger partial charge is 0.481 e. The third kappa shape index (κ3) is 2.86. The van der Waals surface area contributed by atoms with Gasteiger partial charge in [-0.2, -0.15) is 0 Å². The molecule has 1 aromatic carbocycles. The highest BCUT2D eigenvalue weighted by molar-refractivity contribution is 9.10. The number of carbonyl (C=O) groups is 1. The van der Waals surface area contributed by atoms with Crippen LogP contribution >= 0.6 is 39.1 Å². The van der Waals surface area contributed by atoms with Crippen molar-refractivity contribution in [3.05, 3.63) is 32.2 Å². The Bertz CT molecular complexity index is 352. The Morgan fingerprint density at radius 2 is 2.08 bits per heavy atom. The van der Waals surface area contributed by atoms with Crippen LogP contribution in [0.5, 0.6) is 0 Å². The summed E-state index contributed by atoms with van der Waals surface area (Å²) in [7, 11) is 0. The Morgan fingerprint density at radius 1 is 1.46 bits per heavy atom. The second-order valence-electron chi connectivity index (χ2n) is 2.43. The van der Waals surface area contributed by atoms with Crippen LogP contribution in [0, 0.1) is 0 Å². The highest BCUT2D eigenvalue weighted by atomic mass is 79.9. The summed E-state index contributed by atoms with van der Waals surface area (Å²) in [4.78, 5) is 10.4. The van der Waals surface area contributed by atoms with E-state index in [0.717, 1.165) is 0 Å². The van der Waals surface area contributed by atoms with Crippen molar-refractivity contribution in [3.63, 3.8) is 0 Å². The SMILES string of the molecule is O=C(O)Cc1cc(Cl)cc(Br)c1Cl. The number of benzene rings is 1. The lowest BCUT2D eigenvalue weighted by atomic mass is 10.1. The molecular weight excluding hydrogens is 279 g/mol. The average molecular weight is 284 g/mol. The van der Waals surface area contributed by atoms with Crippen LogP contribution in [0.2, 0.25) is 10.0 Å². The number of carboxylic acids is 1. The zero-order valence-corrected chi connectivity index (χ0v) is 9.45. The Kier molecular flexibility index (Phi) is 3.59. The van der Waals surface area contributed by atoms with E-state index in [0.29, 0.717) is 20.1 Å². The fraction of sp³-hybridized carbons (Fsp3) is 0.125. The van der Waals surface area contributed by atoms with Crippen molar-refractivity contribution in [2.75, 3.05) is 0 Å². The normalized spacial score (nSPS) is 10.1. The van der Waals surface area contributed by atoms with Gasteiger partial charge < -0.3 is 5.11 Å². The Balaban J connectivity index is 3.12. The zero-order valence-electron chi connectivity index (χ0n) is 6.35. The molecule has 0 radical (unpaired) electrons. The molecule has 0 unspecified atom stereocenters. The fourth-order valence-corrected chi connectivity index (χ4v) is 1.95. The maximum Gasteiger partial charge on any atom is 0.307 e. The number of hydrogen-bond acceptors (Lipinski definition) is 1. The van der Waals surface area contributed by atoms with Crippen molar-refractivity contribution in [1.82, 2.24) is 0 Å². The minimum absolute atomic E-state index is 0.127. The molecule has 0 amide bonds. The van der Waals surface area contributed by atoms with Crippen molar-refractivity contribution < 1.29 is 9.90 Å². The third-order valence-electron chi connectivity index (χ3n) is 1.41. The fourth-order valence-electron chi connectivity index (χ4n) is 0.901. The highest BCUT2D eigenvalue weighted by Gasteiger charge is 2.09. The lowest BCUT2D eigenvalue weighted by Gasteiger charge is -2.03. The van der Waals surface area contributed by atoms with Crippen LogP contribution in [-0.4, -0.2) is 11.1 Å². The van der Waals surface area contributed by atoms with E-state index >= 15 is 0 Å². The van der Waals surface area contributed by atoms with Gasteiger partial charge in [0.15, 0.2) is 0 Å². The molecule has 0 heterocycles. The molecular formula is C8H5BrCl2O2. The zero-order chi connectivity index (χ0) is 10.0. The number of carboxylic acid groups (broad SMARTS) is 1. The Morgan fingerprint density at radius 3 is 2.62 bits per heavy atom. The van der Waals surface area contributed by atoms with E-state index in [4.69, 9.17) is 28.3 Å². The molecule has 5 heteroatoms. The van der Waals surface area contributed by atoms with Gasteiger partial charge in [0.2, 0.25) is 0 Å². The predicted molar refractivity (Wildman–Crippen MR) is 55.5 cm³/mol. The number of rotatable bonds is 2. The molecule has 13 heavy (non-hydrogen) atoms. The second kappa shape index (κ2) is 4.31. The van der Waals surface area contributed by atoms with Gasteiger partial charge in [-0.25, -0.2) is 0 Å². The first-order valence-corrected chi connectivity index (χ1v) is 4.91. The standard InChI is InChI=1S/C8H5BrCl2O2/c9-6-3-5(10)1-4(8(6)11)2-7(12)13/h1,3H,2H2,(H,12,13). The monoisotopic (exact) mass is 282 g/mol. The quantitative estimate of drug-likeness (QED) is 0.845. The van der Waals surface area contributed by atoms with E-state index in [1.165, 1.54) is 0 Å². The Labute approximate surface area is 93.6 Å². The lowest BCUT2D eigenvalue weighted by molar-refractivity contribution is -0.136. The molecule has 1 rings (SSSR count). The predicted octanol–water partition coefficient (Wildman–Crippen LogP) is 3.38. The van der Waals surface area contributed by atoms with Crippen LogP contribution in [-0.2, 0) is 11.2 Å². The smallest absolute Gasteiger partial charge is 0.307 e. The van der Waals surface area contributed by atoms with Crippen LogP contribution in [0.3, 0.4) is 0 Å². The molecule has 0 saturated heterocycles. The second-order valence-corrected chi connectivity index (χ2v) is 4.10. The molecule has 0 bridgehead atoms. The molecule has 0 fully saturated rings. The summed E-state index contributed by atoms with van der Waals surface area (Å²) in [5.41, 5.74) is 0.508. The van der Waals surface area contributed by atoms with Crippen LogP contribution in [0.1, 0.15) is 5.56 Å². The summed E-state index contributed by atoms with van der Waals surface area (Å²) in [5.74, 6) is -0.934. The minimum atomic E-state index is -0.934. The minimum Gasteiger partial charge on any atom is -0.481 e. The van der Waals surface area contributed by atoms with Crippen LogP contribution in [0.15, 0.2) is 16.6 Å². The summed E-state index contributed by atoms with van der Waals surface area (Å²) < 4.78 is 0.609. The molecule has 0 aliphatic heterocycles. The van der Waals surface area contributed by atoms with Gasteiger partial charge >= 0.3 is 5.97 Å². The van der Waals surface area contributed by atoms with Gasteiger partial charge in [0.25, 0.3) is 0 Å². The maximum absolute atomic E-state index is 10.4. The summed E-state index contributed by atoms with van der Waals surface area (Å²) in [5, 5.41) is 9.42. The van der Waals surface area contributed by atoms with Crippen LogP contribution in [0.4, 0.5) is 0 Å². The first-order valence-electron chi connectivity index (χ1n) is 3.36. The van der Waals surface area contributed by atoms with Gasteiger partial charge in [0, 0.05) is 9.50 Å².